The first kappa shape index (κ1) is 32.1. The normalized spacial score (nSPS) is 11.9. The van der Waals surface area contributed by atoms with Gasteiger partial charge in [0.1, 0.15) is 11.2 Å². The van der Waals surface area contributed by atoms with Crippen molar-refractivity contribution in [3.05, 3.63) is 164 Å². The van der Waals surface area contributed by atoms with Crippen LogP contribution in [0.4, 0.5) is 0 Å². The van der Waals surface area contributed by atoms with Gasteiger partial charge in [0, 0.05) is 68.8 Å². The number of thiophene rings is 2. The smallest absolute Gasteiger partial charge is 0.165 e. The second kappa shape index (κ2) is 12.7. The average Bonchev–Trinajstić information content (AvgIpc) is 3.97. The summed E-state index contributed by atoms with van der Waals surface area (Å²) in [6.45, 7) is 0. The third kappa shape index (κ3) is 5.26. The quantitative estimate of drug-likeness (QED) is 0.174. The van der Waals surface area contributed by atoms with Crippen LogP contribution in [0.3, 0.4) is 0 Å². The van der Waals surface area contributed by atoms with Crippen LogP contribution in [-0.2, 0) is 0 Å². The van der Waals surface area contributed by atoms with E-state index >= 15 is 0 Å². The Hall–Kier alpha value is -7.13. The van der Waals surface area contributed by atoms with Gasteiger partial charge in [0.25, 0.3) is 0 Å². The van der Waals surface area contributed by atoms with Crippen molar-refractivity contribution < 1.29 is 4.42 Å². The first-order chi connectivity index (χ1) is 28.2. The molecule has 266 valence electrons. The van der Waals surface area contributed by atoms with E-state index in [-0.39, 0.29) is 0 Å². The maximum Gasteiger partial charge on any atom is 0.165 e. The molecule has 0 aliphatic heterocycles. The largest absolute Gasteiger partial charge is 0.456 e. The predicted octanol–water partition coefficient (Wildman–Crippen LogP) is 13.6. The van der Waals surface area contributed by atoms with E-state index in [2.05, 4.69) is 103 Å². The summed E-state index contributed by atoms with van der Waals surface area (Å²) in [6.07, 6.45) is 0. The van der Waals surface area contributed by atoms with E-state index in [0.717, 1.165) is 85.8 Å². The summed E-state index contributed by atoms with van der Waals surface area (Å²) < 4.78 is 10.8. The van der Waals surface area contributed by atoms with Crippen molar-refractivity contribution in [1.82, 2.24) is 24.9 Å². The van der Waals surface area contributed by atoms with Gasteiger partial charge in [-0.1, -0.05) is 127 Å². The van der Waals surface area contributed by atoms with Crippen LogP contribution in [-0.4, -0.2) is 24.9 Å². The molecule has 0 unspecified atom stereocenters. The molecule has 0 amide bonds. The molecule has 57 heavy (non-hydrogen) atoms. The predicted molar refractivity (Wildman–Crippen MR) is 236 cm³/mol. The van der Waals surface area contributed by atoms with Crippen molar-refractivity contribution in [2.45, 2.75) is 0 Å². The van der Waals surface area contributed by atoms with E-state index < -0.39 is 0 Å². The molecule has 0 spiro atoms. The average molecular weight is 766 g/mol. The molecule has 0 bridgehead atoms. The van der Waals surface area contributed by atoms with Crippen LogP contribution < -0.4 is 0 Å². The third-order valence-electron chi connectivity index (χ3n) is 10.6. The molecule has 0 atom stereocenters. The monoisotopic (exact) mass is 765 g/mol. The van der Waals surface area contributed by atoms with Crippen LogP contribution in [0.25, 0.3) is 119 Å². The molecule has 0 N–H and O–H groups in total. The summed E-state index contributed by atoms with van der Waals surface area (Å²) >= 11 is 3.49. The number of furan rings is 1. The van der Waals surface area contributed by atoms with E-state index in [1.54, 1.807) is 22.7 Å². The van der Waals surface area contributed by atoms with Crippen molar-refractivity contribution in [3.8, 4) is 56.8 Å². The number of fused-ring (bicyclic) bond motifs is 9. The molecule has 5 aromatic heterocycles. The fourth-order valence-corrected chi connectivity index (χ4v) is 10.2. The first-order valence-electron chi connectivity index (χ1n) is 18.7. The van der Waals surface area contributed by atoms with Crippen molar-refractivity contribution in [1.29, 1.82) is 0 Å². The lowest BCUT2D eigenvalue weighted by molar-refractivity contribution is 0.669. The molecular formula is C49H27N5OS2. The summed E-state index contributed by atoms with van der Waals surface area (Å²) in [5.41, 5.74) is 8.38. The van der Waals surface area contributed by atoms with Crippen molar-refractivity contribution in [2.24, 2.45) is 0 Å². The molecule has 0 radical (unpaired) electrons. The van der Waals surface area contributed by atoms with Gasteiger partial charge in [-0.15, -0.1) is 22.7 Å². The van der Waals surface area contributed by atoms with Crippen molar-refractivity contribution in [3.63, 3.8) is 0 Å². The van der Waals surface area contributed by atoms with E-state index in [1.807, 2.05) is 60.7 Å². The number of hydrogen-bond acceptors (Lipinski definition) is 8. The van der Waals surface area contributed by atoms with Gasteiger partial charge in [0.05, 0.1) is 15.9 Å². The maximum absolute atomic E-state index is 6.26. The van der Waals surface area contributed by atoms with Crippen LogP contribution in [0.2, 0.25) is 0 Å². The highest BCUT2D eigenvalue weighted by Crippen LogP contribution is 2.43. The Kier molecular flexibility index (Phi) is 7.17. The highest BCUT2D eigenvalue weighted by molar-refractivity contribution is 7.26. The molecule has 0 aliphatic carbocycles. The van der Waals surface area contributed by atoms with Gasteiger partial charge in [-0.25, -0.2) is 24.9 Å². The van der Waals surface area contributed by atoms with Crippen molar-refractivity contribution in [2.75, 3.05) is 0 Å². The summed E-state index contributed by atoms with van der Waals surface area (Å²) in [5.74, 6) is 2.53. The highest BCUT2D eigenvalue weighted by Gasteiger charge is 2.20. The Labute approximate surface area is 333 Å². The number of nitrogens with zero attached hydrogens (tertiary/aromatic N) is 5. The maximum atomic E-state index is 6.26. The zero-order valence-electron chi connectivity index (χ0n) is 30.0. The van der Waals surface area contributed by atoms with Gasteiger partial charge in [-0.3, -0.25) is 0 Å². The second-order valence-corrected chi connectivity index (χ2v) is 16.1. The lowest BCUT2D eigenvalue weighted by Crippen LogP contribution is -2.00. The molecule has 0 saturated carbocycles. The topological polar surface area (TPSA) is 77.6 Å². The van der Waals surface area contributed by atoms with Crippen LogP contribution in [0, 0.1) is 0 Å². The molecule has 0 saturated heterocycles. The van der Waals surface area contributed by atoms with E-state index in [1.165, 1.54) is 10.1 Å². The molecule has 6 nitrogen and oxygen atoms in total. The Morgan fingerprint density at radius 2 is 0.965 bits per heavy atom. The Morgan fingerprint density at radius 1 is 0.351 bits per heavy atom. The lowest BCUT2D eigenvalue weighted by Gasteiger charge is -2.09. The highest BCUT2D eigenvalue weighted by atomic mass is 32.1. The zero-order chi connectivity index (χ0) is 37.5. The number of benzene rings is 7. The van der Waals surface area contributed by atoms with Crippen LogP contribution in [0.15, 0.2) is 168 Å². The number of aromatic nitrogens is 5. The third-order valence-corrected chi connectivity index (χ3v) is 12.9. The molecule has 5 heterocycles. The zero-order valence-corrected chi connectivity index (χ0v) is 31.7. The van der Waals surface area contributed by atoms with Gasteiger partial charge >= 0.3 is 0 Å². The minimum atomic E-state index is 0.587. The summed E-state index contributed by atoms with van der Waals surface area (Å²) in [7, 11) is 0. The van der Waals surface area contributed by atoms with E-state index in [4.69, 9.17) is 29.3 Å². The molecular weight excluding hydrogens is 739 g/mol. The summed E-state index contributed by atoms with van der Waals surface area (Å²) in [5, 5.41) is 5.61. The molecule has 0 fully saturated rings. The summed E-state index contributed by atoms with van der Waals surface area (Å²) in [4.78, 5) is 25.8. The van der Waals surface area contributed by atoms with Crippen LogP contribution in [0.5, 0.6) is 0 Å². The Balaban J connectivity index is 1.02. The molecule has 8 heteroatoms. The molecule has 7 aromatic carbocycles. The van der Waals surface area contributed by atoms with Gasteiger partial charge in [0.15, 0.2) is 23.3 Å². The number of hydrogen-bond donors (Lipinski definition) is 0. The second-order valence-electron chi connectivity index (χ2n) is 14.0. The van der Waals surface area contributed by atoms with E-state index in [0.29, 0.717) is 23.3 Å². The molecule has 12 rings (SSSR count). The number of para-hydroxylation sites is 1. The standard InChI is InChI=1S/C49H27N5OS2/c1-3-12-28(13-4-1)42-45-43(36-17-8-10-21-40(36)56-45)51-47(50-42)31-23-25-34-35-18-11-19-37(44(35)57-41(34)27-31)49-53-46(29-14-5-2-6-15-29)52-48(54-49)30-22-24-33-32-16-7-9-20-38(32)55-39(33)26-30/h1-27H. The van der Waals surface area contributed by atoms with Gasteiger partial charge < -0.3 is 4.42 Å². The van der Waals surface area contributed by atoms with Crippen molar-refractivity contribution >= 4 is 85.1 Å². The molecule has 12 aromatic rings. The SMILES string of the molecule is c1ccc(-c2nc(-c3ccc4c(c3)oc3ccccc34)nc(-c3cccc4c3sc3cc(-c5nc(-c6ccccc6)c6sc7ccccc7c6n5)ccc34)n2)cc1. The Bertz CT molecular complexity index is 3540. The lowest BCUT2D eigenvalue weighted by atomic mass is 10.1. The number of rotatable bonds is 5. The minimum absolute atomic E-state index is 0.587. The summed E-state index contributed by atoms with van der Waals surface area (Å²) in [6, 6.07) is 56.3. The fraction of sp³-hybridized carbons (Fsp3) is 0. The fourth-order valence-electron chi connectivity index (χ4n) is 7.83. The van der Waals surface area contributed by atoms with Crippen LogP contribution in [0.1, 0.15) is 0 Å². The molecule has 0 aliphatic rings. The minimum Gasteiger partial charge on any atom is -0.456 e. The Morgan fingerprint density at radius 3 is 1.81 bits per heavy atom. The first-order valence-corrected chi connectivity index (χ1v) is 20.3. The van der Waals surface area contributed by atoms with Gasteiger partial charge in [0.2, 0.25) is 0 Å². The van der Waals surface area contributed by atoms with Gasteiger partial charge in [-0.2, -0.15) is 0 Å². The van der Waals surface area contributed by atoms with Gasteiger partial charge in [-0.05, 0) is 36.4 Å². The van der Waals surface area contributed by atoms with E-state index in [9.17, 15) is 0 Å². The van der Waals surface area contributed by atoms with Crippen LogP contribution >= 0.6 is 22.7 Å².